The molecule has 0 aromatic rings. The monoisotopic (exact) mass is 187 g/mol. The fourth-order valence-corrected chi connectivity index (χ4v) is 1.53. The van der Waals surface area contributed by atoms with Crippen molar-refractivity contribution in [2.24, 2.45) is 0 Å². The summed E-state index contributed by atoms with van der Waals surface area (Å²) in [7, 11) is 0. The maximum Gasteiger partial charge on any atom is 0.223 e. The van der Waals surface area contributed by atoms with E-state index in [-0.39, 0.29) is 24.6 Å². The summed E-state index contributed by atoms with van der Waals surface area (Å²) in [6, 6.07) is 0.484. The number of rotatable bonds is 5. The van der Waals surface area contributed by atoms with E-state index >= 15 is 0 Å². The Bertz CT molecular complexity index is 147. The van der Waals surface area contributed by atoms with Gasteiger partial charge in [-0.3, -0.25) is 4.79 Å². The van der Waals surface area contributed by atoms with Crippen LogP contribution in [-0.2, 0) is 4.79 Å². The van der Waals surface area contributed by atoms with Crippen LogP contribution in [0.15, 0.2) is 0 Å². The zero-order valence-corrected chi connectivity index (χ0v) is 9.08. The fourth-order valence-electron chi connectivity index (χ4n) is 1.53. The molecule has 0 atom stereocenters. The molecule has 0 aliphatic carbocycles. The molecule has 0 aliphatic heterocycles. The van der Waals surface area contributed by atoms with Crippen LogP contribution in [0.25, 0.3) is 0 Å². The Labute approximate surface area is 80.7 Å². The number of hydrogen-bond acceptors (Lipinski definition) is 2. The molecule has 0 saturated heterocycles. The Balaban J connectivity index is 4.13. The van der Waals surface area contributed by atoms with Gasteiger partial charge in [0, 0.05) is 25.1 Å². The predicted molar refractivity (Wildman–Crippen MR) is 53.4 cm³/mol. The SMILES string of the molecule is CC(C)N(C(=O)CCCO)C(C)C. The van der Waals surface area contributed by atoms with Crippen LogP contribution < -0.4 is 0 Å². The molecule has 3 heteroatoms. The summed E-state index contributed by atoms with van der Waals surface area (Å²) in [4.78, 5) is 13.5. The molecule has 0 bridgehead atoms. The van der Waals surface area contributed by atoms with Crippen LogP contribution in [0.3, 0.4) is 0 Å². The van der Waals surface area contributed by atoms with E-state index in [0.29, 0.717) is 12.8 Å². The van der Waals surface area contributed by atoms with Crippen LogP contribution in [0.1, 0.15) is 40.5 Å². The van der Waals surface area contributed by atoms with Crippen molar-refractivity contribution in [2.75, 3.05) is 6.61 Å². The van der Waals surface area contributed by atoms with E-state index in [9.17, 15) is 4.79 Å². The average molecular weight is 187 g/mol. The lowest BCUT2D eigenvalue weighted by Crippen LogP contribution is -2.41. The second-order valence-electron chi connectivity index (χ2n) is 3.82. The van der Waals surface area contributed by atoms with E-state index in [4.69, 9.17) is 5.11 Å². The van der Waals surface area contributed by atoms with Crippen molar-refractivity contribution < 1.29 is 9.90 Å². The number of carbonyl (C=O) groups is 1. The van der Waals surface area contributed by atoms with Gasteiger partial charge < -0.3 is 10.0 Å². The summed E-state index contributed by atoms with van der Waals surface area (Å²) in [6.07, 6.45) is 1.02. The fraction of sp³-hybridized carbons (Fsp3) is 0.900. The Morgan fingerprint density at radius 3 is 2.00 bits per heavy atom. The average Bonchev–Trinajstić information content (AvgIpc) is 1.99. The number of amides is 1. The van der Waals surface area contributed by atoms with E-state index in [1.807, 2.05) is 32.6 Å². The molecule has 0 radical (unpaired) electrons. The molecule has 0 fully saturated rings. The molecule has 0 heterocycles. The quantitative estimate of drug-likeness (QED) is 0.707. The first kappa shape index (κ1) is 12.4. The highest BCUT2D eigenvalue weighted by Crippen LogP contribution is 2.08. The molecule has 0 saturated carbocycles. The van der Waals surface area contributed by atoms with Crippen molar-refractivity contribution >= 4 is 5.91 Å². The Morgan fingerprint density at radius 2 is 1.69 bits per heavy atom. The second-order valence-corrected chi connectivity index (χ2v) is 3.82. The highest BCUT2D eigenvalue weighted by Gasteiger charge is 2.18. The molecule has 0 spiro atoms. The van der Waals surface area contributed by atoms with Gasteiger partial charge in [0.25, 0.3) is 0 Å². The van der Waals surface area contributed by atoms with Crippen LogP contribution >= 0.6 is 0 Å². The Hall–Kier alpha value is -0.570. The van der Waals surface area contributed by atoms with Gasteiger partial charge in [-0.2, -0.15) is 0 Å². The van der Waals surface area contributed by atoms with Gasteiger partial charge in [0.2, 0.25) is 5.91 Å². The molecule has 0 aromatic heterocycles. The number of nitrogens with zero attached hydrogens (tertiary/aromatic N) is 1. The van der Waals surface area contributed by atoms with Crippen LogP contribution in [0.4, 0.5) is 0 Å². The van der Waals surface area contributed by atoms with Crippen molar-refractivity contribution in [3.05, 3.63) is 0 Å². The smallest absolute Gasteiger partial charge is 0.223 e. The lowest BCUT2D eigenvalue weighted by Gasteiger charge is -2.30. The van der Waals surface area contributed by atoms with Gasteiger partial charge in [-0.15, -0.1) is 0 Å². The Morgan fingerprint density at radius 1 is 1.23 bits per heavy atom. The molecule has 78 valence electrons. The zero-order chi connectivity index (χ0) is 10.4. The van der Waals surface area contributed by atoms with E-state index in [1.54, 1.807) is 0 Å². The maximum absolute atomic E-state index is 11.6. The number of hydrogen-bond donors (Lipinski definition) is 1. The molecule has 1 N–H and O–H groups in total. The predicted octanol–water partition coefficient (Wildman–Crippen LogP) is 1.40. The number of aliphatic hydroxyl groups is 1. The molecule has 0 aromatic carbocycles. The molecule has 3 nitrogen and oxygen atoms in total. The summed E-state index contributed by atoms with van der Waals surface area (Å²) < 4.78 is 0. The molecule has 0 aliphatic rings. The van der Waals surface area contributed by atoms with Crippen molar-refractivity contribution in [3.63, 3.8) is 0 Å². The maximum atomic E-state index is 11.6. The number of carbonyl (C=O) groups excluding carboxylic acids is 1. The first-order valence-electron chi connectivity index (χ1n) is 4.92. The van der Waals surface area contributed by atoms with Gasteiger partial charge in [-0.25, -0.2) is 0 Å². The van der Waals surface area contributed by atoms with Crippen molar-refractivity contribution in [3.8, 4) is 0 Å². The largest absolute Gasteiger partial charge is 0.396 e. The zero-order valence-electron chi connectivity index (χ0n) is 9.08. The third-order valence-electron chi connectivity index (χ3n) is 1.95. The minimum absolute atomic E-state index is 0.0930. The third-order valence-corrected chi connectivity index (χ3v) is 1.95. The molecule has 0 rings (SSSR count). The first-order valence-corrected chi connectivity index (χ1v) is 4.92. The standard InChI is InChI=1S/C10H21NO2/c1-8(2)11(9(3)4)10(13)6-5-7-12/h8-9,12H,5-7H2,1-4H3. The van der Waals surface area contributed by atoms with E-state index < -0.39 is 0 Å². The highest BCUT2D eigenvalue weighted by molar-refractivity contribution is 5.76. The summed E-state index contributed by atoms with van der Waals surface area (Å²) >= 11 is 0. The van der Waals surface area contributed by atoms with Crippen molar-refractivity contribution in [1.82, 2.24) is 4.90 Å². The summed E-state index contributed by atoms with van der Waals surface area (Å²) in [6.45, 7) is 8.14. The molecule has 13 heavy (non-hydrogen) atoms. The van der Waals surface area contributed by atoms with Gasteiger partial charge in [0.1, 0.15) is 0 Å². The molecular weight excluding hydrogens is 166 g/mol. The van der Waals surface area contributed by atoms with Gasteiger partial charge in [-0.05, 0) is 34.1 Å². The minimum atomic E-state index is 0.0930. The van der Waals surface area contributed by atoms with Crippen molar-refractivity contribution in [2.45, 2.75) is 52.6 Å². The van der Waals surface area contributed by atoms with Crippen LogP contribution in [-0.4, -0.2) is 34.6 Å². The van der Waals surface area contributed by atoms with E-state index in [1.165, 1.54) is 0 Å². The van der Waals surface area contributed by atoms with Crippen molar-refractivity contribution in [1.29, 1.82) is 0 Å². The van der Waals surface area contributed by atoms with Gasteiger partial charge in [0.05, 0.1) is 0 Å². The van der Waals surface area contributed by atoms with Gasteiger partial charge >= 0.3 is 0 Å². The summed E-state index contributed by atoms with van der Waals surface area (Å²) in [5, 5.41) is 8.60. The minimum Gasteiger partial charge on any atom is -0.396 e. The highest BCUT2D eigenvalue weighted by atomic mass is 16.3. The molecule has 1 amide bonds. The van der Waals surface area contributed by atoms with E-state index in [0.717, 1.165) is 0 Å². The summed E-state index contributed by atoms with van der Waals surface area (Å²) in [5.41, 5.74) is 0. The van der Waals surface area contributed by atoms with Crippen LogP contribution in [0.2, 0.25) is 0 Å². The normalized spacial score (nSPS) is 11.0. The van der Waals surface area contributed by atoms with Gasteiger partial charge in [0.15, 0.2) is 0 Å². The summed E-state index contributed by atoms with van der Waals surface area (Å²) in [5.74, 6) is 0.138. The van der Waals surface area contributed by atoms with E-state index in [2.05, 4.69) is 0 Å². The van der Waals surface area contributed by atoms with Crippen LogP contribution in [0, 0.1) is 0 Å². The van der Waals surface area contributed by atoms with Crippen LogP contribution in [0.5, 0.6) is 0 Å². The second kappa shape index (κ2) is 5.97. The number of aliphatic hydroxyl groups excluding tert-OH is 1. The first-order chi connectivity index (χ1) is 6.00. The molecular formula is C10H21NO2. The Kier molecular flexibility index (Phi) is 5.71. The third kappa shape index (κ3) is 4.27. The molecule has 0 unspecified atom stereocenters. The lowest BCUT2D eigenvalue weighted by molar-refractivity contribution is -0.135. The topological polar surface area (TPSA) is 40.5 Å². The lowest BCUT2D eigenvalue weighted by atomic mass is 10.2. The van der Waals surface area contributed by atoms with Gasteiger partial charge in [-0.1, -0.05) is 0 Å².